The highest BCUT2D eigenvalue weighted by Crippen LogP contribution is 2.27. The second-order valence-corrected chi connectivity index (χ2v) is 6.41. The second kappa shape index (κ2) is 10.9. The summed E-state index contributed by atoms with van der Waals surface area (Å²) in [5.74, 6) is 0.333. The van der Waals surface area contributed by atoms with Crippen molar-refractivity contribution in [3.63, 3.8) is 0 Å². The molecule has 1 unspecified atom stereocenters. The molecule has 0 radical (unpaired) electrons. The zero-order valence-electron chi connectivity index (χ0n) is 16.2. The van der Waals surface area contributed by atoms with Crippen LogP contribution in [0.25, 0.3) is 0 Å². The zero-order valence-corrected chi connectivity index (χ0v) is 16.2. The fraction of sp³-hybridized carbons (Fsp3) is 0.381. The highest BCUT2D eigenvalue weighted by atomic mass is 16.6. The van der Waals surface area contributed by atoms with E-state index in [4.69, 9.17) is 9.47 Å². The van der Waals surface area contributed by atoms with Crippen LogP contribution in [-0.2, 0) is 4.79 Å². The smallest absolute Gasteiger partial charge is 0.310 e. The lowest BCUT2D eigenvalue weighted by Crippen LogP contribution is -2.30. The Balaban J connectivity index is 1.91. The Bertz CT molecular complexity index is 794. The lowest BCUT2D eigenvalue weighted by Gasteiger charge is -2.15. The van der Waals surface area contributed by atoms with Crippen LogP contribution in [0.4, 0.5) is 11.4 Å². The van der Waals surface area contributed by atoms with Crippen molar-refractivity contribution in [3.05, 3.63) is 58.6 Å². The van der Waals surface area contributed by atoms with Crippen molar-refractivity contribution in [3.8, 4) is 11.5 Å². The van der Waals surface area contributed by atoms with Crippen LogP contribution < -0.4 is 14.8 Å². The molecule has 0 aromatic heterocycles. The van der Waals surface area contributed by atoms with Gasteiger partial charge in [-0.15, -0.1) is 0 Å². The summed E-state index contributed by atoms with van der Waals surface area (Å²) in [5, 5.41) is 13.8. The Kier molecular flexibility index (Phi) is 8.27. The number of anilines is 1. The minimum atomic E-state index is -0.903. The molecule has 2 aromatic rings. The number of unbranched alkanes of at least 4 members (excludes halogenated alkanes) is 3. The van der Waals surface area contributed by atoms with Crippen LogP contribution in [-0.4, -0.2) is 23.5 Å². The third kappa shape index (κ3) is 6.57. The number of carbonyl (C=O) groups is 1. The van der Waals surface area contributed by atoms with Gasteiger partial charge in [-0.05, 0) is 31.5 Å². The third-order valence-electron chi connectivity index (χ3n) is 4.10. The number of carbonyl (C=O) groups excluding carboxylic acids is 1. The van der Waals surface area contributed by atoms with E-state index in [0.29, 0.717) is 18.0 Å². The number of hydrogen-bond acceptors (Lipinski definition) is 5. The molecule has 1 amide bonds. The molecule has 0 fully saturated rings. The first-order valence-corrected chi connectivity index (χ1v) is 9.45. The molecule has 28 heavy (non-hydrogen) atoms. The van der Waals surface area contributed by atoms with Gasteiger partial charge in [0, 0.05) is 17.8 Å². The average Bonchev–Trinajstić information content (AvgIpc) is 2.68. The number of nitrogens with zero attached hydrogens (tertiary/aromatic N) is 1. The van der Waals surface area contributed by atoms with Gasteiger partial charge < -0.3 is 14.8 Å². The maximum absolute atomic E-state index is 12.4. The lowest BCUT2D eigenvalue weighted by molar-refractivity contribution is -0.386. The largest absolute Gasteiger partial charge is 0.494 e. The lowest BCUT2D eigenvalue weighted by atomic mass is 10.2. The van der Waals surface area contributed by atoms with E-state index in [9.17, 15) is 14.9 Å². The van der Waals surface area contributed by atoms with Crippen molar-refractivity contribution in [2.24, 2.45) is 0 Å². The zero-order chi connectivity index (χ0) is 20.4. The standard InChI is InChI=1S/C21H26N2O5/c1-3-4-5-8-14-27-18-11-9-10-17(15-18)22-21(24)16(2)28-20-13-7-6-12-19(20)23(25)26/h6-7,9-13,15-16H,3-5,8,14H2,1-2H3,(H,22,24). The minimum absolute atomic E-state index is 0.0549. The summed E-state index contributed by atoms with van der Waals surface area (Å²) in [5.41, 5.74) is 0.398. The number of nitrogens with one attached hydrogen (secondary N) is 1. The molecular formula is C21H26N2O5. The van der Waals surface area contributed by atoms with Crippen LogP contribution in [0.15, 0.2) is 48.5 Å². The molecule has 2 aromatic carbocycles. The van der Waals surface area contributed by atoms with Gasteiger partial charge in [-0.1, -0.05) is 44.4 Å². The molecule has 1 N–H and O–H groups in total. The maximum atomic E-state index is 12.4. The molecule has 0 aliphatic carbocycles. The molecule has 0 saturated heterocycles. The molecule has 7 heteroatoms. The molecule has 0 spiro atoms. The number of ether oxygens (including phenoxy) is 2. The van der Waals surface area contributed by atoms with Gasteiger partial charge in [-0.3, -0.25) is 14.9 Å². The fourth-order valence-corrected chi connectivity index (χ4v) is 2.58. The summed E-state index contributed by atoms with van der Waals surface area (Å²) >= 11 is 0. The summed E-state index contributed by atoms with van der Waals surface area (Å²) in [6.07, 6.45) is 3.59. The molecule has 0 bridgehead atoms. The Morgan fingerprint density at radius 3 is 2.68 bits per heavy atom. The Labute approximate surface area is 164 Å². The van der Waals surface area contributed by atoms with Gasteiger partial charge in [-0.25, -0.2) is 0 Å². The third-order valence-corrected chi connectivity index (χ3v) is 4.10. The Hall–Kier alpha value is -3.09. The number of para-hydroxylation sites is 2. The van der Waals surface area contributed by atoms with Crippen molar-refractivity contribution < 1.29 is 19.2 Å². The first-order valence-electron chi connectivity index (χ1n) is 9.45. The van der Waals surface area contributed by atoms with Crippen molar-refractivity contribution >= 4 is 17.3 Å². The number of nitro benzene ring substituents is 1. The van der Waals surface area contributed by atoms with Crippen LogP contribution in [0.2, 0.25) is 0 Å². The van der Waals surface area contributed by atoms with Crippen LogP contribution in [0, 0.1) is 10.1 Å². The molecule has 1 atom stereocenters. The molecule has 0 aliphatic rings. The van der Waals surface area contributed by atoms with Crippen LogP contribution in [0.3, 0.4) is 0 Å². The summed E-state index contributed by atoms with van der Waals surface area (Å²) in [6.45, 7) is 4.34. The SMILES string of the molecule is CCCCCCOc1cccc(NC(=O)C(C)Oc2ccccc2[N+](=O)[O-])c1. The van der Waals surface area contributed by atoms with E-state index in [-0.39, 0.29) is 11.4 Å². The summed E-state index contributed by atoms with van der Waals surface area (Å²) in [6, 6.07) is 13.1. The average molecular weight is 386 g/mol. The maximum Gasteiger partial charge on any atom is 0.310 e. The summed E-state index contributed by atoms with van der Waals surface area (Å²) in [4.78, 5) is 22.9. The first kappa shape index (κ1) is 21.2. The highest BCUT2D eigenvalue weighted by Gasteiger charge is 2.20. The molecule has 0 heterocycles. The Morgan fingerprint density at radius 1 is 1.14 bits per heavy atom. The van der Waals surface area contributed by atoms with E-state index in [1.165, 1.54) is 25.0 Å². The highest BCUT2D eigenvalue weighted by molar-refractivity contribution is 5.94. The van der Waals surface area contributed by atoms with E-state index < -0.39 is 16.9 Å². The van der Waals surface area contributed by atoms with E-state index in [0.717, 1.165) is 12.8 Å². The van der Waals surface area contributed by atoms with Crippen molar-refractivity contribution in [2.45, 2.75) is 45.6 Å². The molecular weight excluding hydrogens is 360 g/mol. The molecule has 0 aliphatic heterocycles. The number of amides is 1. The number of rotatable bonds is 11. The fourth-order valence-electron chi connectivity index (χ4n) is 2.58. The van der Waals surface area contributed by atoms with Crippen LogP contribution >= 0.6 is 0 Å². The second-order valence-electron chi connectivity index (χ2n) is 6.41. The predicted octanol–water partition coefficient (Wildman–Crippen LogP) is 4.96. The monoisotopic (exact) mass is 386 g/mol. The van der Waals surface area contributed by atoms with Crippen molar-refractivity contribution in [2.75, 3.05) is 11.9 Å². The normalized spacial score (nSPS) is 11.5. The topological polar surface area (TPSA) is 90.7 Å². The first-order chi connectivity index (χ1) is 13.5. The van der Waals surface area contributed by atoms with Crippen molar-refractivity contribution in [1.29, 1.82) is 0 Å². The molecule has 150 valence electrons. The summed E-state index contributed by atoms with van der Waals surface area (Å²) < 4.78 is 11.2. The van der Waals surface area contributed by atoms with Gasteiger partial charge in [0.15, 0.2) is 11.9 Å². The van der Waals surface area contributed by atoms with E-state index in [2.05, 4.69) is 12.2 Å². The number of nitro groups is 1. The van der Waals surface area contributed by atoms with E-state index >= 15 is 0 Å². The van der Waals surface area contributed by atoms with Gasteiger partial charge in [0.2, 0.25) is 0 Å². The minimum Gasteiger partial charge on any atom is -0.494 e. The number of hydrogen-bond donors (Lipinski definition) is 1. The van der Waals surface area contributed by atoms with E-state index in [1.54, 1.807) is 37.3 Å². The molecule has 2 rings (SSSR count). The van der Waals surface area contributed by atoms with Crippen LogP contribution in [0.1, 0.15) is 39.5 Å². The van der Waals surface area contributed by atoms with Gasteiger partial charge in [0.05, 0.1) is 11.5 Å². The summed E-state index contributed by atoms with van der Waals surface area (Å²) in [7, 11) is 0. The molecule has 7 nitrogen and oxygen atoms in total. The number of benzene rings is 2. The Morgan fingerprint density at radius 2 is 1.93 bits per heavy atom. The quantitative estimate of drug-likeness (QED) is 0.335. The van der Waals surface area contributed by atoms with Gasteiger partial charge in [-0.2, -0.15) is 0 Å². The van der Waals surface area contributed by atoms with Gasteiger partial charge in [0.1, 0.15) is 5.75 Å². The van der Waals surface area contributed by atoms with Crippen LogP contribution in [0.5, 0.6) is 11.5 Å². The van der Waals surface area contributed by atoms with Gasteiger partial charge in [0.25, 0.3) is 5.91 Å². The van der Waals surface area contributed by atoms with Gasteiger partial charge >= 0.3 is 5.69 Å². The van der Waals surface area contributed by atoms with E-state index in [1.807, 2.05) is 6.07 Å². The van der Waals surface area contributed by atoms with Crippen molar-refractivity contribution in [1.82, 2.24) is 0 Å². The molecule has 0 saturated carbocycles. The predicted molar refractivity (Wildman–Crippen MR) is 108 cm³/mol.